The summed E-state index contributed by atoms with van der Waals surface area (Å²) in [5, 5.41) is 11.6. The van der Waals surface area contributed by atoms with Gasteiger partial charge in [-0.3, -0.25) is 4.68 Å². The highest BCUT2D eigenvalue weighted by Gasteiger charge is 2.00. The maximum absolute atomic E-state index is 4.19. The van der Waals surface area contributed by atoms with Crippen LogP contribution in [0.1, 0.15) is 12.7 Å². The summed E-state index contributed by atoms with van der Waals surface area (Å²) < 4.78 is 3.79. The molecule has 6 heteroatoms. The molecule has 1 N–H and O–H groups in total. The fraction of sp³-hybridized carbons (Fsp3) is 0.500. The number of nitrogens with zero attached hydrogens (tertiary/aromatic N) is 5. The molecule has 0 aliphatic rings. The molecule has 0 saturated carbocycles. The van der Waals surface area contributed by atoms with Gasteiger partial charge < -0.3 is 5.32 Å². The van der Waals surface area contributed by atoms with Crippen LogP contribution in [-0.4, -0.2) is 31.1 Å². The second-order valence-corrected chi connectivity index (χ2v) is 3.44. The first kappa shape index (κ1) is 10.8. The summed E-state index contributed by atoms with van der Waals surface area (Å²) in [5.74, 6) is 0.975. The van der Waals surface area contributed by atoms with E-state index in [1.807, 2.05) is 21.6 Å². The molecule has 0 spiro atoms. The Kier molecular flexibility index (Phi) is 3.66. The van der Waals surface area contributed by atoms with Crippen LogP contribution in [0, 0.1) is 0 Å². The predicted molar refractivity (Wildman–Crippen MR) is 59.6 cm³/mol. The van der Waals surface area contributed by atoms with E-state index in [1.165, 1.54) is 0 Å². The van der Waals surface area contributed by atoms with Gasteiger partial charge in [0.1, 0.15) is 12.2 Å². The van der Waals surface area contributed by atoms with Crippen molar-refractivity contribution in [1.82, 2.24) is 29.9 Å². The first-order valence-electron chi connectivity index (χ1n) is 5.45. The van der Waals surface area contributed by atoms with E-state index in [-0.39, 0.29) is 0 Å². The molecular weight excluding hydrogens is 204 g/mol. The zero-order valence-corrected chi connectivity index (χ0v) is 9.37. The third kappa shape index (κ3) is 2.66. The van der Waals surface area contributed by atoms with Crippen LogP contribution in [0.25, 0.3) is 0 Å². The Morgan fingerprint density at radius 2 is 2.31 bits per heavy atom. The highest BCUT2D eigenvalue weighted by atomic mass is 15.3. The zero-order chi connectivity index (χ0) is 11.2. The van der Waals surface area contributed by atoms with Gasteiger partial charge in [-0.1, -0.05) is 0 Å². The maximum atomic E-state index is 4.19. The zero-order valence-electron chi connectivity index (χ0n) is 9.37. The summed E-state index contributed by atoms with van der Waals surface area (Å²) in [6.45, 7) is 5.40. The van der Waals surface area contributed by atoms with Gasteiger partial charge in [0.05, 0.1) is 13.1 Å². The summed E-state index contributed by atoms with van der Waals surface area (Å²) in [6, 6.07) is 1.92. The summed E-state index contributed by atoms with van der Waals surface area (Å²) in [5.41, 5.74) is 0. The number of rotatable bonds is 6. The van der Waals surface area contributed by atoms with Gasteiger partial charge in [-0.15, -0.1) is 0 Å². The van der Waals surface area contributed by atoms with E-state index in [9.17, 15) is 0 Å². The topological polar surface area (TPSA) is 60.6 Å². The minimum Gasteiger partial charge on any atom is -0.308 e. The summed E-state index contributed by atoms with van der Waals surface area (Å²) in [4.78, 5) is 4.19. The lowest BCUT2D eigenvalue weighted by molar-refractivity contribution is 0.526. The Bertz CT molecular complexity index is 405. The molecule has 2 heterocycles. The molecule has 86 valence electrons. The fourth-order valence-corrected chi connectivity index (χ4v) is 1.52. The van der Waals surface area contributed by atoms with Crippen molar-refractivity contribution in [1.29, 1.82) is 0 Å². The molecule has 0 aliphatic heterocycles. The van der Waals surface area contributed by atoms with Gasteiger partial charge in [-0.25, -0.2) is 9.67 Å². The highest BCUT2D eigenvalue weighted by molar-refractivity contribution is 4.83. The van der Waals surface area contributed by atoms with E-state index >= 15 is 0 Å². The Morgan fingerprint density at radius 1 is 1.38 bits per heavy atom. The van der Waals surface area contributed by atoms with Crippen LogP contribution in [0.5, 0.6) is 0 Å². The predicted octanol–water partition coefficient (Wildman–Crippen LogP) is 0.284. The molecule has 0 unspecified atom stereocenters. The molecule has 2 rings (SSSR count). The van der Waals surface area contributed by atoms with Crippen LogP contribution < -0.4 is 5.32 Å². The SMILES string of the molecule is CCn1ncnc1CNCCn1cccn1. The van der Waals surface area contributed by atoms with Crippen LogP contribution in [0.4, 0.5) is 0 Å². The molecule has 0 atom stereocenters. The van der Waals surface area contributed by atoms with E-state index in [0.29, 0.717) is 0 Å². The highest BCUT2D eigenvalue weighted by Crippen LogP contribution is 1.92. The third-order valence-corrected chi connectivity index (χ3v) is 2.36. The third-order valence-electron chi connectivity index (χ3n) is 2.36. The van der Waals surface area contributed by atoms with Gasteiger partial charge in [-0.2, -0.15) is 10.2 Å². The van der Waals surface area contributed by atoms with Crippen LogP contribution in [0.3, 0.4) is 0 Å². The number of nitrogens with one attached hydrogen (secondary N) is 1. The monoisotopic (exact) mass is 220 g/mol. The quantitative estimate of drug-likeness (QED) is 0.711. The van der Waals surface area contributed by atoms with Gasteiger partial charge in [-0.05, 0) is 13.0 Å². The Balaban J connectivity index is 1.72. The first-order valence-corrected chi connectivity index (χ1v) is 5.45. The molecule has 0 amide bonds. The van der Waals surface area contributed by atoms with Gasteiger partial charge in [0, 0.05) is 25.5 Å². The lowest BCUT2D eigenvalue weighted by Gasteiger charge is -2.05. The molecule has 2 aromatic heterocycles. The van der Waals surface area contributed by atoms with E-state index in [4.69, 9.17) is 0 Å². The molecule has 16 heavy (non-hydrogen) atoms. The van der Waals surface area contributed by atoms with Crippen molar-refractivity contribution < 1.29 is 0 Å². The van der Waals surface area contributed by atoms with Crippen molar-refractivity contribution in [3.8, 4) is 0 Å². The second kappa shape index (κ2) is 5.41. The molecule has 2 aromatic rings. The minimum absolute atomic E-state index is 0.745. The molecule has 6 nitrogen and oxygen atoms in total. The number of aromatic nitrogens is 5. The lowest BCUT2D eigenvalue weighted by atomic mass is 10.5. The van der Waals surface area contributed by atoms with Crippen LogP contribution in [-0.2, 0) is 19.6 Å². The fourth-order valence-electron chi connectivity index (χ4n) is 1.52. The summed E-state index contributed by atoms with van der Waals surface area (Å²) in [7, 11) is 0. The van der Waals surface area contributed by atoms with E-state index in [2.05, 4.69) is 27.4 Å². The van der Waals surface area contributed by atoms with E-state index in [0.717, 1.165) is 32.0 Å². The van der Waals surface area contributed by atoms with Crippen molar-refractivity contribution in [2.24, 2.45) is 0 Å². The molecule has 0 aliphatic carbocycles. The summed E-state index contributed by atoms with van der Waals surface area (Å²) >= 11 is 0. The van der Waals surface area contributed by atoms with Gasteiger partial charge in [0.15, 0.2) is 0 Å². The maximum Gasteiger partial charge on any atom is 0.140 e. The van der Waals surface area contributed by atoms with Crippen LogP contribution in [0.15, 0.2) is 24.8 Å². The lowest BCUT2D eigenvalue weighted by Crippen LogP contribution is -2.22. The molecule has 0 fully saturated rings. The number of hydrogen-bond acceptors (Lipinski definition) is 4. The smallest absolute Gasteiger partial charge is 0.140 e. The normalized spacial score (nSPS) is 10.8. The number of aryl methyl sites for hydroxylation is 1. The minimum atomic E-state index is 0.745. The molecule has 0 saturated heterocycles. The second-order valence-electron chi connectivity index (χ2n) is 3.44. The average molecular weight is 220 g/mol. The van der Waals surface area contributed by atoms with Crippen LogP contribution in [0.2, 0.25) is 0 Å². The van der Waals surface area contributed by atoms with Gasteiger partial charge in [0.25, 0.3) is 0 Å². The van der Waals surface area contributed by atoms with Crippen molar-refractivity contribution >= 4 is 0 Å². The Hall–Kier alpha value is -1.69. The molecule has 0 bridgehead atoms. The Morgan fingerprint density at radius 3 is 3.06 bits per heavy atom. The largest absolute Gasteiger partial charge is 0.308 e. The van der Waals surface area contributed by atoms with E-state index < -0.39 is 0 Å². The van der Waals surface area contributed by atoms with Crippen molar-refractivity contribution in [2.45, 2.75) is 26.6 Å². The molecule has 0 aromatic carbocycles. The Labute approximate surface area is 94.3 Å². The molecule has 0 radical (unpaired) electrons. The van der Waals surface area contributed by atoms with E-state index in [1.54, 1.807) is 12.5 Å². The molecular formula is C10H16N6. The standard InChI is InChI=1S/C10H16N6/c1-2-16-10(12-9-14-16)8-11-5-7-15-6-3-4-13-15/h3-4,6,9,11H,2,5,7-8H2,1H3. The average Bonchev–Trinajstić information content (AvgIpc) is 2.95. The van der Waals surface area contributed by atoms with Crippen molar-refractivity contribution in [3.63, 3.8) is 0 Å². The summed E-state index contributed by atoms with van der Waals surface area (Å²) in [6.07, 6.45) is 5.33. The van der Waals surface area contributed by atoms with Gasteiger partial charge >= 0.3 is 0 Å². The van der Waals surface area contributed by atoms with Crippen molar-refractivity contribution in [2.75, 3.05) is 6.54 Å². The number of hydrogen-bond donors (Lipinski definition) is 1. The van der Waals surface area contributed by atoms with Gasteiger partial charge in [0.2, 0.25) is 0 Å². The van der Waals surface area contributed by atoms with Crippen LogP contribution >= 0.6 is 0 Å². The van der Waals surface area contributed by atoms with Crippen molar-refractivity contribution in [3.05, 3.63) is 30.6 Å². The first-order chi connectivity index (χ1) is 7.90.